The molecule has 2 N–H and O–H groups in total. The minimum absolute atomic E-state index is 0.00390. The molecular weight excluding hydrogens is 308 g/mol. The molecule has 1 heterocycles. The van der Waals surface area contributed by atoms with Gasteiger partial charge in [0.25, 0.3) is 0 Å². The van der Waals surface area contributed by atoms with E-state index in [1.165, 1.54) is 4.90 Å². The van der Waals surface area contributed by atoms with E-state index in [1.54, 1.807) is 0 Å². The second kappa shape index (κ2) is 8.77. The maximum atomic E-state index is 12.1. The minimum atomic E-state index is -1.16. The van der Waals surface area contributed by atoms with E-state index in [0.717, 1.165) is 6.42 Å². The van der Waals surface area contributed by atoms with Crippen LogP contribution in [0.5, 0.6) is 0 Å². The van der Waals surface area contributed by atoms with Gasteiger partial charge < -0.3 is 15.3 Å². The van der Waals surface area contributed by atoms with Crippen molar-refractivity contribution < 1.29 is 24.3 Å². The number of likely N-dealkylation sites (tertiary alicyclic amines) is 1. The highest BCUT2D eigenvalue weighted by Crippen LogP contribution is 2.15. The van der Waals surface area contributed by atoms with Crippen LogP contribution in [0.15, 0.2) is 0 Å². The van der Waals surface area contributed by atoms with E-state index in [4.69, 9.17) is 0 Å². The summed E-state index contributed by atoms with van der Waals surface area (Å²) in [4.78, 5) is 47.2. The van der Waals surface area contributed by atoms with E-state index in [0.29, 0.717) is 25.1 Å². The molecule has 0 radical (unpaired) electrons. The van der Waals surface area contributed by atoms with Gasteiger partial charge >= 0.3 is 5.97 Å². The summed E-state index contributed by atoms with van der Waals surface area (Å²) in [7, 11) is -0.0196. The van der Waals surface area contributed by atoms with Crippen LogP contribution < -0.4 is 5.32 Å². The lowest BCUT2D eigenvalue weighted by Gasteiger charge is -2.21. The van der Waals surface area contributed by atoms with E-state index in [2.05, 4.69) is 5.32 Å². The lowest BCUT2D eigenvalue weighted by Crippen LogP contribution is -2.49. The molecule has 2 atom stereocenters. The van der Waals surface area contributed by atoms with Crippen LogP contribution in [0, 0.1) is 0 Å². The zero-order valence-electron chi connectivity index (χ0n) is 12.9. The van der Waals surface area contributed by atoms with Gasteiger partial charge in [0.15, 0.2) is 11.5 Å². The van der Waals surface area contributed by atoms with Gasteiger partial charge in [-0.3, -0.25) is 14.4 Å². The average molecular weight is 331 g/mol. The SMILES string of the molecule is C[S+](C)CC(=O)CCC(NC(=O)C1CCCN1C=O)C(=O)O. The van der Waals surface area contributed by atoms with E-state index < -0.39 is 24.0 Å². The number of ketones is 1. The van der Waals surface area contributed by atoms with Crippen LogP contribution in [0.25, 0.3) is 0 Å². The highest BCUT2D eigenvalue weighted by Gasteiger charge is 2.32. The maximum Gasteiger partial charge on any atom is 0.326 e. The monoisotopic (exact) mass is 331 g/mol. The van der Waals surface area contributed by atoms with Gasteiger partial charge in [-0.1, -0.05) is 0 Å². The van der Waals surface area contributed by atoms with Crippen molar-refractivity contribution in [1.82, 2.24) is 10.2 Å². The quantitative estimate of drug-likeness (QED) is 0.434. The smallest absolute Gasteiger partial charge is 0.326 e. The lowest BCUT2D eigenvalue weighted by atomic mass is 10.1. The number of carboxylic acids is 1. The molecule has 8 heteroatoms. The standard InChI is InChI=1S/C14H22N2O5S/c1-22(2)8-10(18)5-6-11(14(20)21)15-13(19)12-4-3-7-16(12)9-17/h9,11-12H,3-8H2,1-2H3,(H-,15,19,20,21)/p+1. The number of nitrogens with one attached hydrogen (secondary N) is 1. The number of carboxylic acid groups (broad SMARTS) is 1. The second-order valence-corrected chi connectivity index (χ2v) is 7.87. The molecule has 124 valence electrons. The number of carbonyl (C=O) groups is 4. The molecule has 2 amide bonds. The van der Waals surface area contributed by atoms with Gasteiger partial charge in [0.05, 0.1) is 12.5 Å². The first-order chi connectivity index (χ1) is 10.3. The first kappa shape index (κ1) is 18.5. The molecule has 7 nitrogen and oxygen atoms in total. The van der Waals surface area contributed by atoms with Crippen LogP contribution in [0.4, 0.5) is 0 Å². The minimum Gasteiger partial charge on any atom is -0.480 e. The van der Waals surface area contributed by atoms with Crippen molar-refractivity contribution in [3.63, 3.8) is 0 Å². The van der Waals surface area contributed by atoms with Gasteiger partial charge in [-0.15, -0.1) is 0 Å². The Hall–Kier alpha value is -1.57. The van der Waals surface area contributed by atoms with Crippen molar-refractivity contribution >= 4 is 35.0 Å². The molecule has 0 saturated carbocycles. The fourth-order valence-electron chi connectivity index (χ4n) is 2.42. The van der Waals surface area contributed by atoms with E-state index >= 15 is 0 Å². The molecule has 0 aromatic heterocycles. The molecule has 0 aliphatic carbocycles. The van der Waals surface area contributed by atoms with Crippen molar-refractivity contribution in [2.45, 2.75) is 37.8 Å². The number of aliphatic carboxylic acids is 1. The third-order valence-electron chi connectivity index (χ3n) is 3.51. The van der Waals surface area contributed by atoms with Crippen LogP contribution in [-0.2, 0) is 30.1 Å². The number of amides is 2. The lowest BCUT2D eigenvalue weighted by molar-refractivity contribution is -0.143. The number of hydrogen-bond acceptors (Lipinski definition) is 4. The fourth-order valence-corrected chi connectivity index (χ4v) is 3.21. The summed E-state index contributed by atoms with van der Waals surface area (Å²) < 4.78 is 0. The first-order valence-electron chi connectivity index (χ1n) is 7.15. The Labute approximate surface area is 132 Å². The number of nitrogens with zero attached hydrogens (tertiary/aromatic N) is 1. The maximum absolute atomic E-state index is 12.1. The summed E-state index contributed by atoms with van der Waals surface area (Å²) in [5.74, 6) is -1.19. The first-order valence-corrected chi connectivity index (χ1v) is 9.36. The molecule has 1 fully saturated rings. The second-order valence-electron chi connectivity index (χ2n) is 5.61. The number of hydrogen-bond donors (Lipinski definition) is 2. The molecule has 22 heavy (non-hydrogen) atoms. The van der Waals surface area contributed by atoms with Crippen LogP contribution in [0.1, 0.15) is 25.7 Å². The van der Waals surface area contributed by atoms with E-state index in [1.807, 2.05) is 12.5 Å². The van der Waals surface area contributed by atoms with Gasteiger partial charge in [-0.25, -0.2) is 4.79 Å². The van der Waals surface area contributed by atoms with Gasteiger partial charge in [-0.05, 0) is 30.2 Å². The molecule has 1 aliphatic heterocycles. The topological polar surface area (TPSA) is 104 Å². The Kier molecular flexibility index (Phi) is 7.37. The molecule has 0 bridgehead atoms. The van der Waals surface area contributed by atoms with Crippen molar-refractivity contribution in [3.05, 3.63) is 0 Å². The summed E-state index contributed by atoms with van der Waals surface area (Å²) in [6.45, 7) is 0.507. The Bertz CT molecular complexity index is 441. The highest BCUT2D eigenvalue weighted by atomic mass is 32.2. The Morgan fingerprint density at radius 1 is 1.41 bits per heavy atom. The zero-order chi connectivity index (χ0) is 16.7. The summed E-state index contributed by atoms with van der Waals surface area (Å²) in [6, 6.07) is -1.70. The van der Waals surface area contributed by atoms with Crippen LogP contribution in [0.3, 0.4) is 0 Å². The van der Waals surface area contributed by atoms with Gasteiger partial charge in [0.1, 0.15) is 12.1 Å². The normalized spacial score (nSPS) is 19.0. The van der Waals surface area contributed by atoms with Crippen molar-refractivity contribution in [2.75, 3.05) is 24.8 Å². The molecule has 1 aliphatic rings. The third-order valence-corrected chi connectivity index (χ3v) is 4.41. The van der Waals surface area contributed by atoms with Gasteiger partial charge in [0, 0.05) is 13.0 Å². The van der Waals surface area contributed by atoms with Crippen molar-refractivity contribution in [2.24, 2.45) is 0 Å². The third kappa shape index (κ3) is 5.67. The highest BCUT2D eigenvalue weighted by molar-refractivity contribution is 7.96. The van der Waals surface area contributed by atoms with Crippen LogP contribution in [0.2, 0.25) is 0 Å². The van der Waals surface area contributed by atoms with E-state index in [9.17, 15) is 24.3 Å². The number of Topliss-reactive ketones (excluding diaryl/α,β-unsaturated/α-hetero) is 1. The predicted molar refractivity (Wildman–Crippen MR) is 83.7 cm³/mol. The van der Waals surface area contributed by atoms with Crippen LogP contribution >= 0.6 is 0 Å². The average Bonchev–Trinajstić information content (AvgIpc) is 2.90. The number of rotatable bonds is 9. The summed E-state index contributed by atoms with van der Waals surface area (Å²) >= 11 is 0. The van der Waals surface area contributed by atoms with Crippen LogP contribution in [-0.4, -0.2) is 71.0 Å². The summed E-state index contributed by atoms with van der Waals surface area (Å²) in [6.07, 6.45) is 5.97. The van der Waals surface area contributed by atoms with Gasteiger partial charge in [-0.2, -0.15) is 0 Å². The molecular formula is C14H23N2O5S+. The summed E-state index contributed by atoms with van der Waals surface area (Å²) in [5.41, 5.74) is 0. The van der Waals surface area contributed by atoms with Crippen molar-refractivity contribution in [3.8, 4) is 0 Å². The van der Waals surface area contributed by atoms with Crippen molar-refractivity contribution in [1.29, 1.82) is 0 Å². The zero-order valence-corrected chi connectivity index (χ0v) is 13.7. The van der Waals surface area contributed by atoms with Gasteiger partial charge in [0.2, 0.25) is 12.3 Å². The molecule has 1 rings (SSSR count). The Morgan fingerprint density at radius 3 is 2.64 bits per heavy atom. The Morgan fingerprint density at radius 2 is 2.09 bits per heavy atom. The molecule has 0 spiro atoms. The van der Waals surface area contributed by atoms with E-state index in [-0.39, 0.29) is 29.5 Å². The largest absolute Gasteiger partial charge is 0.480 e. The Balaban J connectivity index is 2.53. The number of carbonyl (C=O) groups excluding carboxylic acids is 3. The fraction of sp³-hybridized carbons (Fsp3) is 0.714. The predicted octanol–water partition coefficient (Wildman–Crippen LogP) is -0.596. The molecule has 0 aromatic carbocycles. The molecule has 1 saturated heterocycles. The molecule has 0 aromatic rings. The molecule has 2 unspecified atom stereocenters. The summed E-state index contributed by atoms with van der Waals surface area (Å²) in [5, 5.41) is 11.6.